The maximum Gasteiger partial charge on any atom is 0.155 e. The Hall–Kier alpha value is -2.77. The number of nitrogens with one attached hydrogen (secondary N) is 2. The average molecular weight is 362 g/mol. The van der Waals surface area contributed by atoms with Gasteiger partial charge in [-0.05, 0) is 42.7 Å². The Kier molecular flexibility index (Phi) is 4.10. The number of benzene rings is 1. The second kappa shape index (κ2) is 6.75. The molecule has 27 heavy (non-hydrogen) atoms. The standard InChI is InChI=1S/C20H22N6O/c1-27-15-6-4-5-14(11-15)18-16(12-22-24-18)20-23-19(13-8-9-13)25-26(20)17-7-2-3-10-21-17/h2-7,10-11,13,16,18,22,24H,8-9,12H2,1H3. The Balaban J connectivity index is 1.56. The van der Waals surface area contributed by atoms with Gasteiger partial charge < -0.3 is 4.74 Å². The zero-order chi connectivity index (χ0) is 18.2. The molecule has 1 saturated carbocycles. The molecule has 0 radical (unpaired) electrons. The van der Waals surface area contributed by atoms with Crippen LogP contribution in [0.3, 0.4) is 0 Å². The van der Waals surface area contributed by atoms with E-state index in [2.05, 4.69) is 28.0 Å². The molecule has 2 unspecified atom stereocenters. The van der Waals surface area contributed by atoms with Crippen molar-refractivity contribution in [3.8, 4) is 11.6 Å². The van der Waals surface area contributed by atoms with Gasteiger partial charge in [-0.1, -0.05) is 18.2 Å². The molecule has 138 valence electrons. The van der Waals surface area contributed by atoms with Crippen LogP contribution in [0.5, 0.6) is 5.75 Å². The molecule has 2 N–H and O–H groups in total. The van der Waals surface area contributed by atoms with E-state index >= 15 is 0 Å². The molecular weight excluding hydrogens is 340 g/mol. The zero-order valence-corrected chi connectivity index (χ0v) is 15.2. The van der Waals surface area contributed by atoms with E-state index in [4.69, 9.17) is 14.8 Å². The number of pyridine rings is 1. The molecular formula is C20H22N6O. The Bertz CT molecular complexity index is 937. The number of ether oxygens (including phenoxy) is 1. The summed E-state index contributed by atoms with van der Waals surface area (Å²) in [4.78, 5) is 9.45. The summed E-state index contributed by atoms with van der Waals surface area (Å²) in [7, 11) is 1.69. The van der Waals surface area contributed by atoms with E-state index in [1.54, 1.807) is 13.3 Å². The Labute approximate surface area is 157 Å². The molecule has 2 aromatic heterocycles. The number of nitrogens with zero attached hydrogens (tertiary/aromatic N) is 4. The van der Waals surface area contributed by atoms with Gasteiger partial charge in [0.15, 0.2) is 11.6 Å². The van der Waals surface area contributed by atoms with Crippen molar-refractivity contribution in [1.82, 2.24) is 30.6 Å². The fourth-order valence-electron chi connectivity index (χ4n) is 3.63. The van der Waals surface area contributed by atoms with Gasteiger partial charge in [-0.25, -0.2) is 15.4 Å². The van der Waals surface area contributed by atoms with Gasteiger partial charge in [0.1, 0.15) is 11.6 Å². The van der Waals surface area contributed by atoms with Gasteiger partial charge in [-0.2, -0.15) is 4.68 Å². The van der Waals surface area contributed by atoms with E-state index < -0.39 is 0 Å². The first-order chi connectivity index (χ1) is 13.3. The van der Waals surface area contributed by atoms with Crippen LogP contribution in [0.4, 0.5) is 0 Å². The lowest BCUT2D eigenvalue weighted by Gasteiger charge is -2.19. The van der Waals surface area contributed by atoms with Gasteiger partial charge in [0, 0.05) is 18.7 Å². The molecule has 1 aliphatic carbocycles. The van der Waals surface area contributed by atoms with Crippen LogP contribution in [-0.4, -0.2) is 33.4 Å². The molecule has 1 aromatic carbocycles. The molecule has 5 rings (SSSR count). The van der Waals surface area contributed by atoms with Crippen molar-refractivity contribution < 1.29 is 4.74 Å². The van der Waals surface area contributed by atoms with Crippen molar-refractivity contribution in [3.05, 3.63) is 65.9 Å². The Morgan fingerprint density at radius 3 is 2.85 bits per heavy atom. The fraction of sp³-hybridized carbons (Fsp3) is 0.350. The van der Waals surface area contributed by atoms with Crippen molar-refractivity contribution in [2.45, 2.75) is 30.7 Å². The third-order valence-electron chi connectivity index (χ3n) is 5.22. The summed E-state index contributed by atoms with van der Waals surface area (Å²) in [5, 5.41) is 4.81. The topological polar surface area (TPSA) is 76.9 Å². The van der Waals surface area contributed by atoms with Crippen molar-refractivity contribution in [3.63, 3.8) is 0 Å². The molecule has 7 heteroatoms. The minimum absolute atomic E-state index is 0.0822. The van der Waals surface area contributed by atoms with Gasteiger partial charge >= 0.3 is 0 Å². The summed E-state index contributed by atoms with van der Waals surface area (Å²) in [6.07, 6.45) is 4.14. The molecule has 1 saturated heterocycles. The van der Waals surface area contributed by atoms with Crippen LogP contribution >= 0.6 is 0 Å². The lowest BCUT2D eigenvalue weighted by atomic mass is 9.94. The second-order valence-electron chi connectivity index (χ2n) is 7.09. The molecule has 2 fully saturated rings. The van der Waals surface area contributed by atoms with E-state index in [0.29, 0.717) is 5.92 Å². The summed E-state index contributed by atoms with van der Waals surface area (Å²) in [6, 6.07) is 14.1. The quantitative estimate of drug-likeness (QED) is 0.726. The van der Waals surface area contributed by atoms with Gasteiger partial charge in [0.25, 0.3) is 0 Å². The maximum absolute atomic E-state index is 5.40. The lowest BCUT2D eigenvalue weighted by Crippen LogP contribution is -2.25. The zero-order valence-electron chi connectivity index (χ0n) is 15.2. The minimum atomic E-state index is 0.0822. The summed E-state index contributed by atoms with van der Waals surface area (Å²) < 4.78 is 7.32. The lowest BCUT2D eigenvalue weighted by molar-refractivity contribution is 0.412. The van der Waals surface area contributed by atoms with Crippen LogP contribution < -0.4 is 15.6 Å². The van der Waals surface area contributed by atoms with Crippen LogP contribution in [0, 0.1) is 0 Å². The minimum Gasteiger partial charge on any atom is -0.497 e. The fourth-order valence-corrected chi connectivity index (χ4v) is 3.63. The van der Waals surface area contributed by atoms with E-state index in [1.165, 1.54) is 12.8 Å². The molecule has 1 aliphatic heterocycles. The molecule has 0 amide bonds. The largest absolute Gasteiger partial charge is 0.497 e. The number of methoxy groups -OCH3 is 1. The highest BCUT2D eigenvalue weighted by Gasteiger charge is 2.37. The smallest absolute Gasteiger partial charge is 0.155 e. The van der Waals surface area contributed by atoms with Crippen LogP contribution in [0.15, 0.2) is 48.7 Å². The van der Waals surface area contributed by atoms with Crippen LogP contribution in [0.1, 0.15) is 47.9 Å². The number of hydrogen-bond acceptors (Lipinski definition) is 6. The van der Waals surface area contributed by atoms with Gasteiger partial charge in [0.2, 0.25) is 0 Å². The summed E-state index contributed by atoms with van der Waals surface area (Å²) >= 11 is 0. The molecule has 0 spiro atoms. The third kappa shape index (κ3) is 3.09. The summed E-state index contributed by atoms with van der Waals surface area (Å²) in [5.41, 5.74) is 7.86. The van der Waals surface area contributed by atoms with Gasteiger partial charge in [-0.3, -0.25) is 5.43 Å². The van der Waals surface area contributed by atoms with Crippen molar-refractivity contribution in [1.29, 1.82) is 0 Å². The monoisotopic (exact) mass is 362 g/mol. The predicted molar refractivity (Wildman–Crippen MR) is 101 cm³/mol. The molecule has 3 heterocycles. The van der Waals surface area contributed by atoms with E-state index in [1.807, 2.05) is 35.0 Å². The third-order valence-corrected chi connectivity index (χ3v) is 5.22. The summed E-state index contributed by atoms with van der Waals surface area (Å²) in [5.74, 6) is 4.17. The van der Waals surface area contributed by atoms with Crippen molar-refractivity contribution >= 4 is 0 Å². The number of hydrogen-bond donors (Lipinski definition) is 2. The van der Waals surface area contributed by atoms with Gasteiger partial charge in [0.05, 0.1) is 19.1 Å². The Morgan fingerprint density at radius 1 is 1.15 bits per heavy atom. The first-order valence-electron chi connectivity index (χ1n) is 9.34. The number of rotatable bonds is 5. The normalized spacial score (nSPS) is 22.1. The maximum atomic E-state index is 5.40. The van der Waals surface area contributed by atoms with Crippen LogP contribution in [0.25, 0.3) is 5.82 Å². The molecule has 2 aliphatic rings. The highest BCUT2D eigenvalue weighted by atomic mass is 16.5. The van der Waals surface area contributed by atoms with Crippen LogP contribution in [0.2, 0.25) is 0 Å². The number of aromatic nitrogens is 4. The highest BCUT2D eigenvalue weighted by molar-refractivity contribution is 5.34. The second-order valence-corrected chi connectivity index (χ2v) is 7.09. The molecule has 0 bridgehead atoms. The first-order valence-corrected chi connectivity index (χ1v) is 9.34. The first kappa shape index (κ1) is 16.4. The van der Waals surface area contributed by atoms with Gasteiger partial charge in [-0.15, -0.1) is 5.10 Å². The average Bonchev–Trinajstić information content (AvgIpc) is 3.29. The summed E-state index contributed by atoms with van der Waals surface area (Å²) in [6.45, 7) is 0.775. The molecule has 7 nitrogen and oxygen atoms in total. The molecule has 3 aromatic rings. The molecule has 2 atom stereocenters. The highest BCUT2D eigenvalue weighted by Crippen LogP contribution is 2.40. The van der Waals surface area contributed by atoms with Crippen molar-refractivity contribution in [2.24, 2.45) is 0 Å². The van der Waals surface area contributed by atoms with E-state index in [-0.39, 0.29) is 12.0 Å². The predicted octanol–water partition coefficient (Wildman–Crippen LogP) is 2.48. The Morgan fingerprint density at radius 2 is 2.07 bits per heavy atom. The SMILES string of the molecule is COc1cccc(C2NNCC2c2nc(C3CC3)nn2-c2ccccn2)c1. The van der Waals surface area contributed by atoms with E-state index in [0.717, 1.165) is 35.3 Å². The van der Waals surface area contributed by atoms with Crippen LogP contribution in [-0.2, 0) is 0 Å². The number of hydrazine groups is 1. The van der Waals surface area contributed by atoms with E-state index in [9.17, 15) is 0 Å². The van der Waals surface area contributed by atoms with Crippen molar-refractivity contribution in [2.75, 3.05) is 13.7 Å².